The number of hydrogen-bond acceptors (Lipinski definition) is 0. The molecule has 1 aliphatic heterocycles. The van der Waals surface area contributed by atoms with Gasteiger partial charge in [0.1, 0.15) is 14.6 Å². The lowest BCUT2D eigenvalue weighted by Crippen LogP contribution is -2.17. The third-order valence-corrected chi connectivity index (χ3v) is 3.67. The Morgan fingerprint density at radius 3 is 2.94 bits per heavy atom. The van der Waals surface area contributed by atoms with Crippen LogP contribution >= 0.6 is 0 Å². The monoisotopic (exact) mass is 212 g/mol. The van der Waals surface area contributed by atoms with E-state index in [2.05, 4.69) is 38.1 Å². The molecule has 0 nitrogen and oxygen atoms in total. The van der Waals surface area contributed by atoms with Gasteiger partial charge < -0.3 is 0 Å². The van der Waals surface area contributed by atoms with Crippen molar-refractivity contribution in [2.75, 3.05) is 0 Å². The van der Waals surface area contributed by atoms with Crippen LogP contribution in [0.2, 0.25) is 12.5 Å². The summed E-state index contributed by atoms with van der Waals surface area (Å²) >= 11 is 0. The maximum atomic E-state index is 2.45. The predicted octanol–water partition coefficient (Wildman–Crippen LogP) is 3.00. The zero-order valence-electron chi connectivity index (χ0n) is 10.7. The Hall–Kier alpha value is -0.650. The molecule has 1 aliphatic rings. The zero-order valence-corrected chi connectivity index (χ0v) is 10.7. The average Bonchev–Trinajstić information content (AvgIpc) is 2.30. The van der Waals surface area contributed by atoms with Crippen molar-refractivity contribution in [3.05, 3.63) is 35.4 Å². The van der Waals surface area contributed by atoms with E-state index in [1.165, 1.54) is 45.5 Å². The van der Waals surface area contributed by atoms with Crippen molar-refractivity contribution in [1.29, 1.82) is 0 Å². The summed E-state index contributed by atoms with van der Waals surface area (Å²) in [6, 6.07) is 9.32. The smallest absolute Gasteiger partial charge is 0.101 e. The molecule has 1 saturated heterocycles. The summed E-state index contributed by atoms with van der Waals surface area (Å²) in [5.74, 6) is 1.61. The summed E-state index contributed by atoms with van der Waals surface area (Å²) in [7, 11) is 2.85. The minimum atomic E-state index is 0.765. The number of rotatable bonds is 3. The maximum absolute atomic E-state index is 2.45. The summed E-state index contributed by atoms with van der Waals surface area (Å²) in [6.07, 6.45) is 5.49. The number of benzene rings is 1. The topological polar surface area (TPSA) is 0 Å². The first-order chi connectivity index (χ1) is 7.75. The summed E-state index contributed by atoms with van der Waals surface area (Å²) in [5, 5.41) is 0. The molecule has 84 valence electrons. The zero-order chi connectivity index (χ0) is 11.4. The van der Waals surface area contributed by atoms with Crippen molar-refractivity contribution in [2.24, 2.45) is 5.92 Å². The Balaban J connectivity index is 2.08. The second kappa shape index (κ2) is 5.61. The van der Waals surface area contributed by atoms with Crippen molar-refractivity contribution in [1.82, 2.24) is 0 Å². The Kier molecular flexibility index (Phi) is 4.15. The lowest BCUT2D eigenvalue weighted by molar-refractivity contribution is 0.646. The molecule has 1 fully saturated rings. The molecule has 2 heteroatoms. The highest BCUT2D eigenvalue weighted by molar-refractivity contribution is 6.58. The van der Waals surface area contributed by atoms with Crippen LogP contribution < -0.4 is 0 Å². The van der Waals surface area contributed by atoms with Gasteiger partial charge in [0.05, 0.1) is 0 Å². The van der Waals surface area contributed by atoms with Gasteiger partial charge in [0.2, 0.25) is 0 Å². The Morgan fingerprint density at radius 2 is 2.25 bits per heavy atom. The molecule has 0 amide bonds. The first kappa shape index (κ1) is 11.8. The van der Waals surface area contributed by atoms with Gasteiger partial charge in [0, 0.05) is 0 Å². The van der Waals surface area contributed by atoms with Gasteiger partial charge in [0.25, 0.3) is 0 Å². The first-order valence-electron chi connectivity index (χ1n) is 6.84. The van der Waals surface area contributed by atoms with Gasteiger partial charge in [-0.25, -0.2) is 0 Å². The molecular formula is C14H22B2. The fraction of sp³-hybridized carbons (Fsp3) is 0.571. The fourth-order valence-electron chi connectivity index (χ4n) is 2.88. The van der Waals surface area contributed by atoms with Crippen LogP contribution in [-0.4, -0.2) is 14.6 Å². The quantitative estimate of drug-likeness (QED) is 0.675. The molecule has 0 radical (unpaired) electrons. The standard InChI is InChI=1S/C14H22B2/c1-11(2)8-12-4-3-5-13(9-12)14-6-7-15-10-16-14/h3-5,9,11,14-16H,6-8,10H2,1-2H3. The van der Waals surface area contributed by atoms with E-state index in [0.717, 1.165) is 11.7 Å². The van der Waals surface area contributed by atoms with Crippen LogP contribution in [0.4, 0.5) is 0 Å². The van der Waals surface area contributed by atoms with Crippen molar-refractivity contribution in [2.45, 2.75) is 45.0 Å². The van der Waals surface area contributed by atoms with E-state index in [1.807, 2.05) is 0 Å². The summed E-state index contributed by atoms with van der Waals surface area (Å²) in [5.41, 5.74) is 3.12. The van der Waals surface area contributed by atoms with Gasteiger partial charge in [-0.3, -0.25) is 0 Å². The van der Waals surface area contributed by atoms with E-state index in [1.54, 1.807) is 5.56 Å². The molecule has 16 heavy (non-hydrogen) atoms. The van der Waals surface area contributed by atoms with Crippen LogP contribution in [0.3, 0.4) is 0 Å². The van der Waals surface area contributed by atoms with Gasteiger partial charge in [0.15, 0.2) is 0 Å². The molecule has 1 unspecified atom stereocenters. The molecule has 1 aromatic carbocycles. The highest BCUT2D eigenvalue weighted by Gasteiger charge is 2.17. The van der Waals surface area contributed by atoms with Gasteiger partial charge in [-0.05, 0) is 23.7 Å². The van der Waals surface area contributed by atoms with E-state index in [9.17, 15) is 0 Å². The van der Waals surface area contributed by atoms with Crippen LogP contribution in [0.25, 0.3) is 0 Å². The Labute approximate surface area is 101 Å². The molecule has 1 aromatic rings. The molecule has 0 spiro atoms. The molecule has 1 heterocycles. The largest absolute Gasteiger partial charge is 0.122 e. The fourth-order valence-corrected chi connectivity index (χ4v) is 2.88. The van der Waals surface area contributed by atoms with Crippen LogP contribution in [0.5, 0.6) is 0 Å². The minimum Gasteiger partial charge on any atom is -0.101 e. The Bertz CT molecular complexity index is 327. The van der Waals surface area contributed by atoms with Gasteiger partial charge in [-0.15, -0.1) is 6.22 Å². The maximum Gasteiger partial charge on any atom is 0.122 e. The molecule has 0 N–H and O–H groups in total. The third-order valence-electron chi connectivity index (χ3n) is 3.67. The molecule has 0 aromatic heterocycles. The lowest BCUT2D eigenvalue weighted by Gasteiger charge is -2.21. The van der Waals surface area contributed by atoms with Crippen LogP contribution in [0, 0.1) is 5.92 Å². The van der Waals surface area contributed by atoms with Crippen LogP contribution in [0.1, 0.15) is 37.2 Å². The van der Waals surface area contributed by atoms with E-state index in [-0.39, 0.29) is 0 Å². The lowest BCUT2D eigenvalue weighted by atomic mass is 9.40. The highest BCUT2D eigenvalue weighted by atomic mass is 14.1. The van der Waals surface area contributed by atoms with Crippen molar-refractivity contribution in [3.8, 4) is 0 Å². The van der Waals surface area contributed by atoms with Gasteiger partial charge >= 0.3 is 0 Å². The summed E-state index contributed by atoms with van der Waals surface area (Å²) in [4.78, 5) is 0. The molecule has 1 atom stereocenters. The van der Waals surface area contributed by atoms with Crippen LogP contribution in [-0.2, 0) is 6.42 Å². The van der Waals surface area contributed by atoms with E-state index < -0.39 is 0 Å². The minimum absolute atomic E-state index is 0.765. The van der Waals surface area contributed by atoms with Crippen molar-refractivity contribution >= 4 is 14.6 Å². The van der Waals surface area contributed by atoms with E-state index in [0.29, 0.717) is 0 Å². The molecule has 0 saturated carbocycles. The average molecular weight is 212 g/mol. The number of hydrogen-bond donors (Lipinski definition) is 0. The van der Waals surface area contributed by atoms with E-state index >= 15 is 0 Å². The summed E-state index contributed by atoms with van der Waals surface area (Å²) in [6.45, 7) is 4.60. The van der Waals surface area contributed by atoms with Gasteiger partial charge in [-0.1, -0.05) is 56.4 Å². The van der Waals surface area contributed by atoms with Crippen LogP contribution in [0.15, 0.2) is 24.3 Å². The summed E-state index contributed by atoms with van der Waals surface area (Å²) < 4.78 is 0. The SMILES string of the molecule is CC(C)Cc1cccc(C2BCBCC2)c1. The second-order valence-corrected chi connectivity index (χ2v) is 5.68. The highest BCUT2D eigenvalue weighted by Crippen LogP contribution is 2.26. The molecular weight excluding hydrogens is 190 g/mol. The second-order valence-electron chi connectivity index (χ2n) is 5.68. The predicted molar refractivity (Wildman–Crippen MR) is 76.3 cm³/mol. The normalized spacial score (nSPS) is 20.3. The van der Waals surface area contributed by atoms with Crippen molar-refractivity contribution in [3.63, 3.8) is 0 Å². The Morgan fingerprint density at radius 1 is 1.38 bits per heavy atom. The molecule has 0 aliphatic carbocycles. The third kappa shape index (κ3) is 3.17. The van der Waals surface area contributed by atoms with Crippen molar-refractivity contribution < 1.29 is 0 Å². The van der Waals surface area contributed by atoms with Gasteiger partial charge in [-0.2, -0.15) is 0 Å². The first-order valence-corrected chi connectivity index (χ1v) is 6.84. The molecule has 0 bridgehead atoms. The van der Waals surface area contributed by atoms with E-state index in [4.69, 9.17) is 0 Å². The molecule has 2 rings (SSSR count).